The van der Waals surface area contributed by atoms with Crippen molar-refractivity contribution in [2.75, 3.05) is 13.7 Å². The van der Waals surface area contributed by atoms with Gasteiger partial charge in [0.15, 0.2) is 5.75 Å². The van der Waals surface area contributed by atoms with Crippen molar-refractivity contribution in [3.63, 3.8) is 0 Å². The third-order valence-electron chi connectivity index (χ3n) is 6.71. The number of fused-ring (bicyclic) bond motifs is 3. The van der Waals surface area contributed by atoms with Crippen LogP contribution in [-0.4, -0.2) is 39.5 Å². The van der Waals surface area contributed by atoms with Gasteiger partial charge < -0.3 is 14.2 Å². The highest BCUT2D eigenvalue weighted by Gasteiger charge is 2.38. The molecule has 4 heterocycles. The zero-order valence-electron chi connectivity index (χ0n) is 20.4. The second-order valence-electron chi connectivity index (χ2n) is 8.98. The Hall–Kier alpha value is -3.13. The Morgan fingerprint density at radius 1 is 1.18 bits per heavy atom. The first-order valence-corrected chi connectivity index (χ1v) is 12.6. The largest absolute Gasteiger partial charge is 0.490 e. The van der Waals surface area contributed by atoms with E-state index in [2.05, 4.69) is 18.4 Å². The number of benzene rings is 1. The van der Waals surface area contributed by atoms with Crippen molar-refractivity contribution < 1.29 is 14.5 Å². The zero-order chi connectivity index (χ0) is 24.6. The molecule has 2 aliphatic rings. The van der Waals surface area contributed by atoms with E-state index in [0.717, 1.165) is 46.6 Å². The van der Waals surface area contributed by atoms with Crippen molar-refractivity contribution >= 4 is 22.9 Å². The lowest BCUT2D eigenvalue weighted by molar-refractivity contribution is -0.385. The summed E-state index contributed by atoms with van der Waals surface area (Å²) in [6.45, 7) is 9.62. The number of nitro groups is 1. The molecule has 1 saturated heterocycles. The van der Waals surface area contributed by atoms with Gasteiger partial charge in [0.1, 0.15) is 5.69 Å². The first-order valence-electron chi connectivity index (χ1n) is 11.8. The molecule has 34 heavy (non-hydrogen) atoms. The number of aromatic nitrogens is 1. The van der Waals surface area contributed by atoms with Crippen molar-refractivity contribution in [3.8, 4) is 27.4 Å². The number of rotatable bonds is 4. The average molecular weight is 482 g/mol. The van der Waals surface area contributed by atoms with Crippen LogP contribution in [0.5, 0.6) is 5.75 Å². The van der Waals surface area contributed by atoms with Crippen LogP contribution in [0.3, 0.4) is 0 Å². The molecule has 1 fully saturated rings. The molecule has 180 valence electrons. The lowest BCUT2D eigenvalue weighted by atomic mass is 9.95. The van der Waals surface area contributed by atoms with Gasteiger partial charge in [-0.05, 0) is 62.3 Å². The second kappa shape index (κ2) is 9.25. The van der Waals surface area contributed by atoms with E-state index in [1.165, 1.54) is 7.11 Å². The van der Waals surface area contributed by atoms with E-state index in [0.29, 0.717) is 18.7 Å². The third-order valence-corrected chi connectivity index (χ3v) is 7.61. The van der Waals surface area contributed by atoms with Gasteiger partial charge in [-0.1, -0.05) is 19.9 Å². The van der Waals surface area contributed by atoms with Crippen molar-refractivity contribution in [2.45, 2.75) is 59.0 Å². The van der Waals surface area contributed by atoms with Gasteiger partial charge in [0.2, 0.25) is 0 Å². The molecule has 0 spiro atoms. The van der Waals surface area contributed by atoms with Crippen molar-refractivity contribution in [3.05, 3.63) is 57.1 Å². The summed E-state index contributed by atoms with van der Waals surface area (Å²) in [6, 6.07) is 9.36. The van der Waals surface area contributed by atoms with E-state index >= 15 is 0 Å². The zero-order valence-corrected chi connectivity index (χ0v) is 21.2. The molecule has 8 heteroatoms. The molecule has 0 aliphatic carbocycles. The number of hydrogen-bond acceptors (Lipinski definition) is 5. The van der Waals surface area contributed by atoms with E-state index in [4.69, 9.17) is 4.74 Å². The number of hydrogen-bond donors (Lipinski definition) is 0. The smallest absolute Gasteiger partial charge is 0.311 e. The van der Waals surface area contributed by atoms with Gasteiger partial charge in [-0.15, -0.1) is 11.3 Å². The maximum Gasteiger partial charge on any atom is 0.311 e. The summed E-state index contributed by atoms with van der Waals surface area (Å²) >= 11 is 1.60. The molecule has 2 aliphatic heterocycles. The van der Waals surface area contributed by atoms with Crippen LogP contribution in [0.15, 0.2) is 35.7 Å². The summed E-state index contributed by atoms with van der Waals surface area (Å²) in [7, 11) is 1.45. The first kappa shape index (κ1) is 24.0. The molecule has 7 nitrogen and oxygen atoms in total. The van der Waals surface area contributed by atoms with E-state index in [1.807, 2.05) is 42.3 Å². The number of nitro benzene ring substituents is 1. The van der Waals surface area contributed by atoms with Gasteiger partial charge in [-0.2, -0.15) is 0 Å². The number of carbonyl (C=O) groups is 1. The summed E-state index contributed by atoms with van der Waals surface area (Å²) < 4.78 is 7.35. The van der Waals surface area contributed by atoms with E-state index in [-0.39, 0.29) is 22.9 Å². The van der Waals surface area contributed by atoms with E-state index in [9.17, 15) is 14.9 Å². The molecule has 0 atom stereocenters. The van der Waals surface area contributed by atoms with Crippen LogP contribution in [-0.2, 0) is 13.0 Å². The number of aryl methyl sites for hydroxylation is 1. The van der Waals surface area contributed by atoms with Gasteiger partial charge in [-0.25, -0.2) is 0 Å². The number of amides is 1. The van der Waals surface area contributed by atoms with Gasteiger partial charge in [0.05, 0.1) is 17.7 Å². The minimum Gasteiger partial charge on any atom is -0.490 e. The van der Waals surface area contributed by atoms with E-state index in [1.54, 1.807) is 23.5 Å². The lowest BCUT2D eigenvalue weighted by Crippen LogP contribution is -2.43. The van der Waals surface area contributed by atoms with Crippen molar-refractivity contribution in [1.29, 1.82) is 0 Å². The summed E-state index contributed by atoms with van der Waals surface area (Å²) in [5.41, 5.74) is 4.03. The van der Waals surface area contributed by atoms with Crippen LogP contribution in [0.2, 0.25) is 0 Å². The fraction of sp³-hybridized carbons (Fsp3) is 0.423. The molecular weight excluding hydrogens is 450 g/mol. The Kier molecular flexibility index (Phi) is 6.53. The number of ether oxygens (including phenoxy) is 1. The van der Waals surface area contributed by atoms with Gasteiger partial charge in [0.25, 0.3) is 5.91 Å². The third kappa shape index (κ3) is 3.90. The minimum atomic E-state index is -0.412. The highest BCUT2D eigenvalue weighted by atomic mass is 32.1. The SMILES string of the molecule is CC.COc1cc2c(cc1[N+](=O)[O-])-c1c(-c3cccs3)cc(C(=O)N3CCCC3(C)C)n1CC2. The Morgan fingerprint density at radius 3 is 2.53 bits per heavy atom. The summed E-state index contributed by atoms with van der Waals surface area (Å²) in [5.74, 6) is 0.296. The molecule has 2 aromatic heterocycles. The van der Waals surface area contributed by atoms with Crippen LogP contribution < -0.4 is 4.74 Å². The predicted molar refractivity (Wildman–Crippen MR) is 136 cm³/mol. The van der Waals surface area contributed by atoms with Crippen LogP contribution in [0.1, 0.15) is 56.6 Å². The monoisotopic (exact) mass is 481 g/mol. The molecule has 1 aromatic carbocycles. The molecule has 1 amide bonds. The molecule has 0 radical (unpaired) electrons. The fourth-order valence-electron chi connectivity index (χ4n) is 5.07. The highest BCUT2D eigenvalue weighted by molar-refractivity contribution is 7.13. The van der Waals surface area contributed by atoms with Gasteiger partial charge in [0, 0.05) is 40.7 Å². The number of carbonyl (C=O) groups excluding carboxylic acids is 1. The first-order chi connectivity index (χ1) is 16.3. The maximum absolute atomic E-state index is 13.7. The standard InChI is InChI=1S/C24H25N3O4S.C2H6/c1-24(2)8-5-9-26(24)23(28)19-14-17(21-6-4-11-32-21)22-16-13-18(27(29)30)20(31-3)12-15(16)7-10-25(19)22;1-2/h4,6,11-14H,5,7-10H2,1-3H3;1-2H3. The van der Waals surface area contributed by atoms with Gasteiger partial charge in [-0.3, -0.25) is 14.9 Å². The Balaban J connectivity index is 0.00000133. The molecule has 0 N–H and O–H groups in total. The molecule has 5 rings (SSSR count). The summed E-state index contributed by atoms with van der Waals surface area (Å²) in [5, 5.41) is 13.7. The van der Waals surface area contributed by atoms with Crippen LogP contribution in [0.25, 0.3) is 21.7 Å². The van der Waals surface area contributed by atoms with Crippen LogP contribution in [0.4, 0.5) is 5.69 Å². The maximum atomic E-state index is 13.7. The number of thiophene rings is 1. The van der Waals surface area contributed by atoms with Gasteiger partial charge >= 0.3 is 5.69 Å². The highest BCUT2D eigenvalue weighted by Crippen LogP contribution is 2.45. The van der Waals surface area contributed by atoms with Crippen LogP contribution >= 0.6 is 11.3 Å². The predicted octanol–water partition coefficient (Wildman–Crippen LogP) is 6.40. The van der Waals surface area contributed by atoms with Crippen molar-refractivity contribution in [2.24, 2.45) is 0 Å². The molecule has 3 aromatic rings. The summed E-state index contributed by atoms with van der Waals surface area (Å²) in [4.78, 5) is 28.0. The van der Waals surface area contributed by atoms with Crippen LogP contribution in [0, 0.1) is 10.1 Å². The Labute approximate surface area is 204 Å². The quantitative estimate of drug-likeness (QED) is 0.319. The minimum absolute atomic E-state index is 0.0306. The molecular formula is C26H31N3O4S. The number of nitrogens with zero attached hydrogens (tertiary/aromatic N) is 3. The van der Waals surface area contributed by atoms with E-state index < -0.39 is 4.92 Å². The molecule has 0 saturated carbocycles. The lowest BCUT2D eigenvalue weighted by Gasteiger charge is -2.32. The fourth-order valence-corrected chi connectivity index (χ4v) is 5.81. The Bertz CT molecular complexity index is 1230. The normalized spacial score (nSPS) is 15.7. The van der Waals surface area contributed by atoms with Crippen molar-refractivity contribution in [1.82, 2.24) is 9.47 Å². The number of methoxy groups -OCH3 is 1. The number of likely N-dealkylation sites (tertiary alicyclic amines) is 1. The average Bonchev–Trinajstić information content (AvgIpc) is 3.56. The second-order valence-corrected chi connectivity index (χ2v) is 9.93. The molecule has 0 bridgehead atoms. The Morgan fingerprint density at radius 2 is 1.94 bits per heavy atom. The molecule has 0 unspecified atom stereocenters. The summed E-state index contributed by atoms with van der Waals surface area (Å²) in [6.07, 6.45) is 2.66. The topological polar surface area (TPSA) is 77.6 Å².